The van der Waals surface area contributed by atoms with Crippen LogP contribution < -0.4 is 10.6 Å². The minimum atomic E-state index is -0.114. The zero-order valence-electron chi connectivity index (χ0n) is 11.1. The molecule has 0 spiro atoms. The summed E-state index contributed by atoms with van der Waals surface area (Å²) in [5, 5.41) is 6.12. The number of hydrogen-bond donors (Lipinski definition) is 2. The first kappa shape index (κ1) is 15.1. The lowest BCUT2D eigenvalue weighted by molar-refractivity contribution is -0.120. The molecule has 0 aliphatic rings. The third-order valence-corrected chi connectivity index (χ3v) is 3.56. The molecule has 1 atom stereocenters. The number of benzene rings is 1. The van der Waals surface area contributed by atoms with Gasteiger partial charge in [-0.2, -0.15) is 0 Å². The Morgan fingerprint density at radius 1 is 1.22 bits per heavy atom. The van der Waals surface area contributed by atoms with Crippen LogP contribution in [0, 0.1) is 0 Å². The Hall–Kier alpha value is -1.00. The first-order valence-electron chi connectivity index (χ1n) is 6.35. The van der Waals surface area contributed by atoms with Gasteiger partial charge in [-0.25, -0.2) is 0 Å². The summed E-state index contributed by atoms with van der Waals surface area (Å²) in [6.45, 7) is 4.64. The van der Waals surface area contributed by atoms with E-state index in [9.17, 15) is 4.79 Å². The summed E-state index contributed by atoms with van der Waals surface area (Å²) in [7, 11) is 0. The summed E-state index contributed by atoms with van der Waals surface area (Å²) in [4.78, 5) is 12.0. The summed E-state index contributed by atoms with van der Waals surface area (Å²) in [5.74, 6) is 0.0898. The zero-order valence-corrected chi connectivity index (χ0v) is 11.9. The summed E-state index contributed by atoms with van der Waals surface area (Å²) in [5.41, 5.74) is 1.06. The monoisotopic (exact) mass is 266 g/mol. The van der Waals surface area contributed by atoms with Crippen LogP contribution in [0.4, 0.5) is 0 Å². The Balaban J connectivity index is 2.39. The van der Waals surface area contributed by atoms with Gasteiger partial charge in [0.2, 0.25) is 5.91 Å². The number of carbonyl (C=O) groups excluding carboxylic acids is 1. The number of carbonyl (C=O) groups is 1. The first-order chi connectivity index (χ1) is 8.79. The number of hydrogen-bond acceptors (Lipinski definition) is 3. The molecular weight excluding hydrogens is 244 g/mol. The van der Waals surface area contributed by atoms with Crippen molar-refractivity contribution in [1.82, 2.24) is 10.6 Å². The Kier molecular flexibility index (Phi) is 7.53. The van der Waals surface area contributed by atoms with Crippen molar-refractivity contribution >= 4 is 17.7 Å². The predicted octanol–water partition coefficient (Wildman–Crippen LogP) is 2.21. The fourth-order valence-corrected chi connectivity index (χ4v) is 2.42. The molecule has 0 saturated carbocycles. The summed E-state index contributed by atoms with van der Waals surface area (Å²) < 4.78 is 0. The molecule has 0 bridgehead atoms. The highest BCUT2D eigenvalue weighted by atomic mass is 32.2. The molecule has 1 amide bonds. The molecule has 18 heavy (non-hydrogen) atoms. The average Bonchev–Trinajstić information content (AvgIpc) is 2.40. The highest BCUT2D eigenvalue weighted by Gasteiger charge is 2.18. The highest BCUT2D eigenvalue weighted by molar-refractivity contribution is 7.99. The third-order valence-electron chi connectivity index (χ3n) is 2.60. The maximum Gasteiger partial charge on any atom is 0.237 e. The van der Waals surface area contributed by atoms with Crippen LogP contribution in [-0.4, -0.2) is 31.8 Å². The van der Waals surface area contributed by atoms with Crippen molar-refractivity contribution in [1.29, 1.82) is 0 Å². The van der Waals surface area contributed by atoms with Gasteiger partial charge in [0.1, 0.15) is 5.25 Å². The van der Waals surface area contributed by atoms with Gasteiger partial charge in [0, 0.05) is 13.1 Å². The molecule has 0 radical (unpaired) electrons. The smallest absolute Gasteiger partial charge is 0.237 e. The van der Waals surface area contributed by atoms with Crippen molar-refractivity contribution in [3.05, 3.63) is 35.9 Å². The van der Waals surface area contributed by atoms with Gasteiger partial charge in [-0.15, -0.1) is 11.8 Å². The fraction of sp³-hybridized carbons (Fsp3) is 0.500. The zero-order chi connectivity index (χ0) is 13.2. The molecule has 1 unspecified atom stereocenters. The average molecular weight is 266 g/mol. The van der Waals surface area contributed by atoms with E-state index < -0.39 is 0 Å². The minimum absolute atomic E-state index is 0.0898. The lowest BCUT2D eigenvalue weighted by Gasteiger charge is -2.15. The van der Waals surface area contributed by atoms with Crippen molar-refractivity contribution in [2.24, 2.45) is 0 Å². The highest BCUT2D eigenvalue weighted by Crippen LogP contribution is 2.26. The van der Waals surface area contributed by atoms with E-state index in [1.54, 1.807) is 11.8 Å². The Morgan fingerprint density at radius 2 is 1.94 bits per heavy atom. The Morgan fingerprint density at radius 3 is 2.56 bits per heavy atom. The van der Waals surface area contributed by atoms with Gasteiger partial charge >= 0.3 is 0 Å². The molecule has 3 nitrogen and oxygen atoms in total. The lowest BCUT2D eigenvalue weighted by Crippen LogP contribution is -2.34. The van der Waals surface area contributed by atoms with Crippen LogP contribution in [-0.2, 0) is 4.79 Å². The van der Waals surface area contributed by atoms with Gasteiger partial charge in [0.15, 0.2) is 0 Å². The molecule has 2 N–H and O–H groups in total. The van der Waals surface area contributed by atoms with E-state index in [-0.39, 0.29) is 11.2 Å². The van der Waals surface area contributed by atoms with Crippen LogP contribution >= 0.6 is 11.8 Å². The van der Waals surface area contributed by atoms with Gasteiger partial charge in [0.05, 0.1) is 0 Å². The molecule has 0 aromatic heterocycles. The normalized spacial score (nSPS) is 12.1. The quantitative estimate of drug-likeness (QED) is 0.709. The molecule has 0 aliphatic heterocycles. The van der Waals surface area contributed by atoms with Crippen LogP contribution in [0.2, 0.25) is 0 Å². The molecule has 0 aliphatic carbocycles. The molecule has 1 aromatic rings. The van der Waals surface area contributed by atoms with Crippen molar-refractivity contribution in [3.63, 3.8) is 0 Å². The number of nitrogens with one attached hydrogen (secondary N) is 2. The van der Waals surface area contributed by atoms with Crippen molar-refractivity contribution in [2.45, 2.75) is 18.6 Å². The van der Waals surface area contributed by atoms with Crippen molar-refractivity contribution < 1.29 is 4.79 Å². The van der Waals surface area contributed by atoms with Crippen LogP contribution in [0.3, 0.4) is 0 Å². The Bertz CT molecular complexity index is 343. The second kappa shape index (κ2) is 9.00. The second-order valence-electron chi connectivity index (χ2n) is 4.07. The molecule has 1 aromatic carbocycles. The largest absolute Gasteiger partial charge is 0.354 e. The van der Waals surface area contributed by atoms with E-state index in [2.05, 4.69) is 17.6 Å². The van der Waals surface area contributed by atoms with E-state index in [1.807, 2.05) is 36.6 Å². The van der Waals surface area contributed by atoms with Gasteiger partial charge in [-0.1, -0.05) is 37.3 Å². The maximum atomic E-state index is 12.0. The van der Waals surface area contributed by atoms with Crippen molar-refractivity contribution in [2.75, 3.05) is 25.9 Å². The molecule has 1 rings (SSSR count). The molecule has 0 heterocycles. The number of amides is 1. The fourth-order valence-electron chi connectivity index (χ4n) is 1.69. The lowest BCUT2D eigenvalue weighted by atomic mass is 10.1. The van der Waals surface area contributed by atoms with Crippen LogP contribution in [0.1, 0.15) is 24.2 Å². The minimum Gasteiger partial charge on any atom is -0.354 e. The second-order valence-corrected chi connectivity index (χ2v) is 5.01. The third kappa shape index (κ3) is 5.10. The molecule has 0 saturated heterocycles. The van der Waals surface area contributed by atoms with Crippen molar-refractivity contribution in [3.8, 4) is 0 Å². The van der Waals surface area contributed by atoms with E-state index in [1.165, 1.54) is 0 Å². The SMILES string of the molecule is CCCNCCNC(=O)C(SC)c1ccccc1. The van der Waals surface area contributed by atoms with Crippen LogP contribution in [0.25, 0.3) is 0 Å². The van der Waals surface area contributed by atoms with E-state index >= 15 is 0 Å². The van der Waals surface area contributed by atoms with Gasteiger partial charge in [0.25, 0.3) is 0 Å². The maximum absolute atomic E-state index is 12.0. The van der Waals surface area contributed by atoms with Gasteiger partial charge < -0.3 is 10.6 Å². The van der Waals surface area contributed by atoms with Gasteiger partial charge in [-0.05, 0) is 24.8 Å². The van der Waals surface area contributed by atoms with E-state index in [0.29, 0.717) is 6.54 Å². The standard InChI is InChI=1S/C14H22N2OS/c1-3-9-15-10-11-16-14(17)13(18-2)12-7-5-4-6-8-12/h4-8,13,15H,3,9-11H2,1-2H3,(H,16,17). The molecule has 100 valence electrons. The Labute approximate surface area is 114 Å². The van der Waals surface area contributed by atoms with Crippen LogP contribution in [0.15, 0.2) is 30.3 Å². The number of rotatable bonds is 8. The first-order valence-corrected chi connectivity index (χ1v) is 7.64. The molecular formula is C14H22N2OS. The summed E-state index contributed by atoms with van der Waals surface area (Å²) in [6, 6.07) is 9.89. The topological polar surface area (TPSA) is 41.1 Å². The van der Waals surface area contributed by atoms with E-state index in [4.69, 9.17) is 0 Å². The number of thioether (sulfide) groups is 1. The van der Waals surface area contributed by atoms with Crippen LogP contribution in [0.5, 0.6) is 0 Å². The molecule has 4 heteroatoms. The predicted molar refractivity (Wildman–Crippen MR) is 78.9 cm³/mol. The van der Waals surface area contributed by atoms with Gasteiger partial charge in [-0.3, -0.25) is 4.79 Å². The van der Waals surface area contributed by atoms with E-state index in [0.717, 1.165) is 25.1 Å². The molecule has 0 fully saturated rings. The summed E-state index contributed by atoms with van der Waals surface area (Å²) in [6.07, 6.45) is 3.08. The summed E-state index contributed by atoms with van der Waals surface area (Å²) >= 11 is 1.57.